The number of carbonyl (C=O) groups excluding carboxylic acids is 2. The molecule has 0 spiro atoms. The molecule has 1 atom stereocenters. The first-order valence-electron chi connectivity index (χ1n) is 17.9. The van der Waals surface area contributed by atoms with E-state index in [2.05, 4.69) is 6.07 Å². The minimum absolute atomic E-state index is 0. The van der Waals surface area contributed by atoms with Crippen molar-refractivity contribution in [3.63, 3.8) is 0 Å². The van der Waals surface area contributed by atoms with E-state index in [1.165, 1.54) is 0 Å². The molecule has 0 unspecified atom stereocenters. The number of aliphatic carboxylic acids is 3. The van der Waals surface area contributed by atoms with Crippen molar-refractivity contribution < 1.29 is 84.0 Å². The second-order valence-electron chi connectivity index (χ2n) is 13.6. The first kappa shape index (κ1) is 45.1. The van der Waals surface area contributed by atoms with E-state index >= 15 is 0 Å². The van der Waals surface area contributed by atoms with Crippen molar-refractivity contribution in [3.05, 3.63) is 83.4 Å². The number of hydrogen-bond donors (Lipinski definition) is 4. The van der Waals surface area contributed by atoms with Crippen molar-refractivity contribution in [2.75, 3.05) is 85.1 Å². The quantitative estimate of drug-likeness (QED) is 0.144. The molecule has 0 aromatic heterocycles. The summed E-state index contributed by atoms with van der Waals surface area (Å²) in [5.41, 5.74) is 9.04. The Hall–Kier alpha value is -3.25. The van der Waals surface area contributed by atoms with Crippen LogP contribution in [0.1, 0.15) is 23.1 Å². The van der Waals surface area contributed by atoms with Gasteiger partial charge in [-0.3, -0.25) is 43.6 Å². The Morgan fingerprint density at radius 2 is 1.06 bits per heavy atom. The summed E-state index contributed by atoms with van der Waals surface area (Å²) in [5.74, 6) is -3.18. The first-order valence-corrected chi connectivity index (χ1v) is 17.9. The van der Waals surface area contributed by atoms with E-state index in [4.69, 9.17) is 10.5 Å². The fourth-order valence-electron chi connectivity index (χ4n) is 6.31. The van der Waals surface area contributed by atoms with Crippen LogP contribution >= 0.6 is 0 Å². The molecule has 3 aromatic rings. The van der Waals surface area contributed by atoms with Gasteiger partial charge in [-0.15, -0.1) is 0 Å². The number of benzene rings is 3. The monoisotopic (exact) mass is 891 g/mol. The molecule has 1 heterocycles. The van der Waals surface area contributed by atoms with Crippen molar-refractivity contribution in [1.29, 1.82) is 0 Å². The maximum absolute atomic E-state index is 13.1. The summed E-state index contributed by atoms with van der Waals surface area (Å²) < 4.78 is 5.67. The van der Waals surface area contributed by atoms with E-state index in [1.54, 1.807) is 14.7 Å². The summed E-state index contributed by atoms with van der Waals surface area (Å²) in [4.78, 5) is 67.3. The molecule has 1 fully saturated rings. The predicted octanol–water partition coefficient (Wildman–Crippen LogP) is 1.47. The topological polar surface area (TPSA) is 194 Å². The number of carboxylic acids is 3. The van der Waals surface area contributed by atoms with Crippen molar-refractivity contribution in [2.45, 2.75) is 31.9 Å². The fourth-order valence-corrected chi connectivity index (χ4v) is 6.31. The van der Waals surface area contributed by atoms with Gasteiger partial charge >= 0.3 is 17.9 Å². The largest absolute Gasteiger partial charge is 0.480 e. The third-order valence-electron chi connectivity index (χ3n) is 9.32. The van der Waals surface area contributed by atoms with Crippen LogP contribution in [-0.4, -0.2) is 156 Å². The molecule has 14 nitrogen and oxygen atoms in total. The summed E-state index contributed by atoms with van der Waals surface area (Å²) in [6, 6.07) is 21.1. The summed E-state index contributed by atoms with van der Waals surface area (Å²) >= 11 is 0. The second kappa shape index (κ2) is 23.6. The third kappa shape index (κ3) is 16.6. The van der Waals surface area contributed by atoms with Gasteiger partial charge in [0.2, 0.25) is 0 Å². The molecule has 1 saturated heterocycles. The number of fused-ring (bicyclic) bond motifs is 1. The number of aryl methyl sites for hydroxylation is 1. The SMILES string of the molecule is N[C@H](Cc1ccc2ccccc2c1)C(=O)COCc1ccc(CCC(=O)CN2CCN(CC(=O)O)CCN(CC(=O)O)CCN(CC(=O)O)CC2)cc1.[Gd]. The van der Waals surface area contributed by atoms with E-state index in [0.29, 0.717) is 65.2 Å². The van der Waals surface area contributed by atoms with Crippen LogP contribution in [0.2, 0.25) is 0 Å². The van der Waals surface area contributed by atoms with Gasteiger partial charge in [-0.05, 0) is 40.3 Å². The Morgan fingerprint density at radius 1 is 0.611 bits per heavy atom. The zero-order valence-electron chi connectivity index (χ0n) is 30.5. The average molecular weight is 891 g/mol. The molecule has 0 aliphatic carbocycles. The molecule has 15 heteroatoms. The molecular weight excluding hydrogens is 840 g/mol. The summed E-state index contributed by atoms with van der Waals surface area (Å²) in [5, 5.41) is 30.4. The zero-order valence-corrected chi connectivity index (χ0v) is 32.7. The summed E-state index contributed by atoms with van der Waals surface area (Å²) in [7, 11) is 0. The van der Waals surface area contributed by atoms with Crippen molar-refractivity contribution in [3.8, 4) is 0 Å². The number of rotatable bonds is 18. The Labute approximate surface area is 347 Å². The molecule has 294 valence electrons. The molecule has 0 saturated carbocycles. The predicted molar refractivity (Wildman–Crippen MR) is 199 cm³/mol. The van der Waals surface area contributed by atoms with Gasteiger partial charge in [0.05, 0.1) is 38.8 Å². The number of ether oxygens (including phenoxy) is 1. The molecule has 1 aliphatic rings. The standard InChI is InChI=1S/C39H51N5O9.Gd/c40-35(22-31-9-11-32-3-1-2-4-33(32)21-31)36(46)28-53-27-30-7-5-29(6-8-30)10-12-34(45)23-41-13-15-42(24-37(47)48)17-19-44(26-39(51)52)20-18-43(16-14-41)25-38(49)50;/h1-9,11,21,35H,10,12-20,22-28,40H2,(H,47,48)(H,49,50)(H,51,52);/t35-;/m1./s1. The van der Waals surface area contributed by atoms with E-state index in [1.807, 2.05) is 65.6 Å². The summed E-state index contributed by atoms with van der Waals surface area (Å²) in [6.07, 6.45) is 1.24. The number of nitrogens with zero attached hydrogens (tertiary/aromatic N) is 4. The number of nitrogens with two attached hydrogens (primary N) is 1. The van der Waals surface area contributed by atoms with Gasteiger partial charge in [-0.2, -0.15) is 0 Å². The third-order valence-corrected chi connectivity index (χ3v) is 9.32. The van der Waals surface area contributed by atoms with Gasteiger partial charge < -0.3 is 25.8 Å². The van der Waals surface area contributed by atoms with Gasteiger partial charge in [0.1, 0.15) is 12.4 Å². The second-order valence-corrected chi connectivity index (χ2v) is 13.6. The van der Waals surface area contributed by atoms with Gasteiger partial charge in [-0.1, -0.05) is 66.7 Å². The molecule has 3 aromatic carbocycles. The number of ketones is 2. The zero-order chi connectivity index (χ0) is 38.2. The maximum Gasteiger partial charge on any atom is 0.317 e. The van der Waals surface area contributed by atoms with Crippen LogP contribution in [0.25, 0.3) is 10.8 Å². The molecule has 4 rings (SSSR count). The molecular formula is C39H51GdN5O9. The Morgan fingerprint density at radius 3 is 1.56 bits per heavy atom. The number of hydrogen-bond acceptors (Lipinski definition) is 11. The van der Waals surface area contributed by atoms with Crippen LogP contribution in [0.5, 0.6) is 0 Å². The van der Waals surface area contributed by atoms with Gasteiger partial charge in [0.15, 0.2) is 5.78 Å². The maximum atomic E-state index is 13.1. The smallest absolute Gasteiger partial charge is 0.317 e. The molecule has 0 bridgehead atoms. The van der Waals surface area contributed by atoms with Crippen molar-refractivity contribution >= 4 is 40.2 Å². The minimum Gasteiger partial charge on any atom is -0.480 e. The van der Waals surface area contributed by atoms with Gasteiger partial charge in [0.25, 0.3) is 0 Å². The van der Waals surface area contributed by atoms with E-state index < -0.39 is 23.9 Å². The summed E-state index contributed by atoms with van der Waals surface area (Å²) in [6.45, 7) is 2.37. The van der Waals surface area contributed by atoms with Gasteiger partial charge in [0, 0.05) is 98.7 Å². The molecule has 54 heavy (non-hydrogen) atoms. The fraction of sp³-hybridized carbons (Fsp3) is 0.462. The Balaban J connectivity index is 0.00000784. The van der Waals surface area contributed by atoms with Crippen LogP contribution in [0.15, 0.2) is 66.7 Å². The van der Waals surface area contributed by atoms with Crippen LogP contribution in [0, 0.1) is 39.9 Å². The molecule has 0 radical (unpaired) electrons. The number of carboxylic acid groups (broad SMARTS) is 3. The van der Waals surface area contributed by atoms with E-state index in [9.17, 15) is 39.3 Å². The van der Waals surface area contributed by atoms with E-state index in [0.717, 1.165) is 27.5 Å². The first-order chi connectivity index (χ1) is 25.4. The van der Waals surface area contributed by atoms with Crippen LogP contribution in [0.3, 0.4) is 0 Å². The average Bonchev–Trinajstić information content (AvgIpc) is 3.11. The molecule has 1 aliphatic heterocycles. The molecule has 0 amide bonds. The molecule has 5 N–H and O–H groups in total. The normalized spacial score (nSPS) is 16.1. The van der Waals surface area contributed by atoms with E-state index in [-0.39, 0.29) is 97.3 Å². The van der Waals surface area contributed by atoms with Crippen molar-refractivity contribution in [2.24, 2.45) is 5.73 Å². The Kier molecular flexibility index (Phi) is 19.8. The van der Waals surface area contributed by atoms with Crippen LogP contribution in [0.4, 0.5) is 0 Å². The van der Waals surface area contributed by atoms with Crippen molar-refractivity contribution in [1.82, 2.24) is 19.6 Å². The van der Waals surface area contributed by atoms with Crippen LogP contribution < -0.4 is 5.73 Å². The van der Waals surface area contributed by atoms with Crippen LogP contribution in [-0.2, 0) is 48.2 Å². The number of Topliss-reactive ketones (excluding diaryl/α,β-unsaturated/α-hetero) is 2. The minimum atomic E-state index is -1.01. The Bertz CT molecular complexity index is 1660. The number of carbonyl (C=O) groups is 5. The van der Waals surface area contributed by atoms with Gasteiger partial charge in [-0.25, -0.2) is 0 Å².